The number of rotatable bonds is 6. The van der Waals surface area contributed by atoms with Crippen molar-refractivity contribution >= 4 is 0 Å². The van der Waals surface area contributed by atoms with Gasteiger partial charge >= 0.3 is 0 Å². The van der Waals surface area contributed by atoms with Gasteiger partial charge in [0.25, 0.3) is 0 Å². The second kappa shape index (κ2) is 6.99. The SMILES string of the molecule is [CH2]OCC(OCC)OCC. The van der Waals surface area contributed by atoms with Crippen LogP contribution in [0.3, 0.4) is 0 Å². The Bertz CT molecular complexity index is 51.6. The molecule has 1 radical (unpaired) electrons. The molecule has 0 aliphatic carbocycles. The maximum absolute atomic E-state index is 5.14. The second-order valence-electron chi connectivity index (χ2n) is 1.71. The molecule has 61 valence electrons. The van der Waals surface area contributed by atoms with Gasteiger partial charge in [0.05, 0.1) is 13.7 Å². The van der Waals surface area contributed by atoms with E-state index in [-0.39, 0.29) is 6.29 Å². The highest BCUT2D eigenvalue weighted by Crippen LogP contribution is 1.94. The Balaban J connectivity index is 3.30. The molecule has 0 aliphatic heterocycles. The summed E-state index contributed by atoms with van der Waals surface area (Å²) in [7, 11) is 3.23. The molecule has 0 rings (SSSR count). The van der Waals surface area contributed by atoms with Gasteiger partial charge in [-0.05, 0) is 13.8 Å². The van der Waals surface area contributed by atoms with Gasteiger partial charge in [0.1, 0.15) is 0 Å². The molecule has 0 fully saturated rings. The normalized spacial score (nSPS) is 10.8. The summed E-state index contributed by atoms with van der Waals surface area (Å²) in [6.45, 7) is 5.48. The monoisotopic (exact) mass is 147 g/mol. The van der Waals surface area contributed by atoms with Crippen molar-refractivity contribution < 1.29 is 14.2 Å². The molecule has 0 heterocycles. The minimum atomic E-state index is -0.257. The molecule has 0 aliphatic rings. The molecule has 0 aromatic rings. The van der Waals surface area contributed by atoms with E-state index >= 15 is 0 Å². The summed E-state index contributed by atoms with van der Waals surface area (Å²) in [5.74, 6) is 0. The van der Waals surface area contributed by atoms with Crippen LogP contribution in [0.2, 0.25) is 0 Å². The minimum Gasteiger partial charge on any atom is -0.374 e. The first kappa shape index (κ1) is 9.88. The first-order valence-electron chi connectivity index (χ1n) is 3.45. The Hall–Kier alpha value is -0.120. The van der Waals surface area contributed by atoms with Crippen LogP contribution in [-0.2, 0) is 14.2 Å². The van der Waals surface area contributed by atoms with Crippen LogP contribution in [0.4, 0.5) is 0 Å². The van der Waals surface area contributed by atoms with Crippen molar-refractivity contribution in [1.29, 1.82) is 0 Å². The third-order valence-corrected chi connectivity index (χ3v) is 0.959. The molecule has 0 N–H and O–H groups in total. The Morgan fingerprint density at radius 2 is 1.70 bits per heavy atom. The second-order valence-corrected chi connectivity index (χ2v) is 1.71. The summed E-state index contributed by atoms with van der Waals surface area (Å²) in [6.07, 6.45) is -0.257. The third kappa shape index (κ3) is 4.73. The summed E-state index contributed by atoms with van der Waals surface area (Å²) in [6, 6.07) is 0. The van der Waals surface area contributed by atoms with Crippen molar-refractivity contribution in [2.24, 2.45) is 0 Å². The van der Waals surface area contributed by atoms with E-state index in [1.807, 2.05) is 13.8 Å². The highest BCUT2D eigenvalue weighted by Gasteiger charge is 2.05. The van der Waals surface area contributed by atoms with E-state index in [0.717, 1.165) is 0 Å². The van der Waals surface area contributed by atoms with E-state index in [0.29, 0.717) is 19.8 Å². The maximum atomic E-state index is 5.14. The Labute approximate surface area is 62.3 Å². The van der Waals surface area contributed by atoms with E-state index in [1.54, 1.807) is 0 Å². The molecule has 0 saturated heterocycles. The molecule has 0 atom stereocenters. The molecule has 10 heavy (non-hydrogen) atoms. The fourth-order valence-electron chi connectivity index (χ4n) is 0.612. The zero-order valence-corrected chi connectivity index (χ0v) is 6.63. The average molecular weight is 147 g/mol. The first-order valence-corrected chi connectivity index (χ1v) is 3.45. The van der Waals surface area contributed by atoms with E-state index in [2.05, 4.69) is 11.8 Å². The van der Waals surface area contributed by atoms with Crippen LogP contribution >= 0.6 is 0 Å². The summed E-state index contributed by atoms with van der Waals surface area (Å²) in [4.78, 5) is 0. The smallest absolute Gasteiger partial charge is 0.180 e. The Morgan fingerprint density at radius 1 is 1.20 bits per heavy atom. The van der Waals surface area contributed by atoms with E-state index in [9.17, 15) is 0 Å². The molecule has 0 spiro atoms. The topological polar surface area (TPSA) is 27.7 Å². The van der Waals surface area contributed by atoms with Gasteiger partial charge in [0.2, 0.25) is 0 Å². The van der Waals surface area contributed by atoms with Crippen LogP contribution in [-0.4, -0.2) is 26.1 Å². The lowest BCUT2D eigenvalue weighted by Gasteiger charge is -2.14. The van der Waals surface area contributed by atoms with Gasteiger partial charge in [0, 0.05) is 13.2 Å². The van der Waals surface area contributed by atoms with Crippen LogP contribution in [0.25, 0.3) is 0 Å². The fraction of sp³-hybridized carbons (Fsp3) is 0.857. The standard InChI is InChI=1S/C7H15O3/c1-4-9-7(6-8-3)10-5-2/h7H,3-6H2,1-2H3. The van der Waals surface area contributed by atoms with Gasteiger partial charge in [0.15, 0.2) is 6.29 Å². The van der Waals surface area contributed by atoms with E-state index < -0.39 is 0 Å². The third-order valence-electron chi connectivity index (χ3n) is 0.959. The molecule has 0 bridgehead atoms. The molecule has 3 heteroatoms. The molecule has 0 unspecified atom stereocenters. The fourth-order valence-corrected chi connectivity index (χ4v) is 0.612. The zero-order chi connectivity index (χ0) is 7.82. The number of hydrogen-bond acceptors (Lipinski definition) is 3. The van der Waals surface area contributed by atoms with Crippen molar-refractivity contribution in [3.8, 4) is 0 Å². The number of hydrogen-bond donors (Lipinski definition) is 0. The summed E-state index contributed by atoms with van der Waals surface area (Å²) in [5.41, 5.74) is 0. The Morgan fingerprint density at radius 3 is 2.00 bits per heavy atom. The number of ether oxygens (including phenoxy) is 3. The molecule has 0 aromatic carbocycles. The largest absolute Gasteiger partial charge is 0.374 e. The average Bonchev–Trinajstić information content (AvgIpc) is 1.90. The van der Waals surface area contributed by atoms with Crippen molar-refractivity contribution in [3.63, 3.8) is 0 Å². The Kier molecular flexibility index (Phi) is 6.91. The maximum Gasteiger partial charge on any atom is 0.180 e. The van der Waals surface area contributed by atoms with Crippen molar-refractivity contribution in [2.45, 2.75) is 20.1 Å². The zero-order valence-electron chi connectivity index (χ0n) is 6.63. The quantitative estimate of drug-likeness (QED) is 0.528. The highest BCUT2D eigenvalue weighted by atomic mass is 16.7. The van der Waals surface area contributed by atoms with Crippen LogP contribution in [0.5, 0.6) is 0 Å². The van der Waals surface area contributed by atoms with E-state index in [1.165, 1.54) is 0 Å². The van der Waals surface area contributed by atoms with Crippen LogP contribution in [0, 0.1) is 7.11 Å². The summed E-state index contributed by atoms with van der Waals surface area (Å²) in [5, 5.41) is 0. The summed E-state index contributed by atoms with van der Waals surface area (Å²) < 4.78 is 14.9. The lowest BCUT2D eigenvalue weighted by molar-refractivity contribution is -0.158. The first-order chi connectivity index (χ1) is 4.85. The van der Waals surface area contributed by atoms with Crippen LogP contribution in [0.1, 0.15) is 13.8 Å². The van der Waals surface area contributed by atoms with E-state index in [4.69, 9.17) is 9.47 Å². The minimum absolute atomic E-state index is 0.257. The molecule has 0 saturated carbocycles. The van der Waals surface area contributed by atoms with Gasteiger partial charge in [-0.25, -0.2) is 0 Å². The van der Waals surface area contributed by atoms with Crippen molar-refractivity contribution in [3.05, 3.63) is 7.11 Å². The lowest BCUT2D eigenvalue weighted by Crippen LogP contribution is -2.22. The summed E-state index contributed by atoms with van der Waals surface area (Å²) >= 11 is 0. The van der Waals surface area contributed by atoms with Crippen molar-refractivity contribution in [1.82, 2.24) is 0 Å². The predicted molar refractivity (Wildman–Crippen MR) is 38.3 cm³/mol. The molecule has 3 nitrogen and oxygen atoms in total. The highest BCUT2D eigenvalue weighted by molar-refractivity contribution is 4.39. The molecule has 0 aromatic heterocycles. The molecular formula is C7H15O3. The van der Waals surface area contributed by atoms with Crippen molar-refractivity contribution in [2.75, 3.05) is 19.8 Å². The van der Waals surface area contributed by atoms with Gasteiger partial charge in [-0.1, -0.05) is 0 Å². The van der Waals surface area contributed by atoms with Gasteiger partial charge in [-0.15, -0.1) is 0 Å². The lowest BCUT2D eigenvalue weighted by atomic mass is 10.6. The van der Waals surface area contributed by atoms with Gasteiger partial charge in [-0.2, -0.15) is 0 Å². The van der Waals surface area contributed by atoms with Gasteiger partial charge < -0.3 is 14.2 Å². The van der Waals surface area contributed by atoms with Gasteiger partial charge in [-0.3, -0.25) is 0 Å². The van der Waals surface area contributed by atoms with Crippen LogP contribution in [0.15, 0.2) is 0 Å². The molecular weight excluding hydrogens is 132 g/mol. The van der Waals surface area contributed by atoms with Crippen LogP contribution < -0.4 is 0 Å². The predicted octanol–water partition coefficient (Wildman–Crippen LogP) is 1.19. The molecule has 0 amide bonds.